The fourth-order valence-electron chi connectivity index (χ4n) is 4.68. The van der Waals surface area contributed by atoms with Gasteiger partial charge in [0.15, 0.2) is 0 Å². The summed E-state index contributed by atoms with van der Waals surface area (Å²) < 4.78 is 33.5. The highest BCUT2D eigenvalue weighted by atomic mass is 32.2. The van der Waals surface area contributed by atoms with Crippen LogP contribution in [0.15, 0.2) is 59.5 Å². The van der Waals surface area contributed by atoms with Gasteiger partial charge in [-0.1, -0.05) is 42.8 Å². The van der Waals surface area contributed by atoms with Crippen molar-refractivity contribution in [3.8, 4) is 0 Å². The molecule has 2 aromatic rings. The lowest BCUT2D eigenvalue weighted by atomic mass is 10.0. The number of ether oxygens (including phenoxy) is 1. The summed E-state index contributed by atoms with van der Waals surface area (Å²) in [4.78, 5) is 15.5. The second kappa shape index (κ2) is 10.8. The molecular formula is C25H33N3O4S. The monoisotopic (exact) mass is 471 g/mol. The van der Waals surface area contributed by atoms with Crippen LogP contribution < -0.4 is 5.32 Å². The number of amides is 1. The summed E-state index contributed by atoms with van der Waals surface area (Å²) in [6, 6.07) is 16.5. The molecule has 2 fully saturated rings. The highest BCUT2D eigenvalue weighted by Crippen LogP contribution is 2.26. The van der Waals surface area contributed by atoms with Crippen LogP contribution in [-0.2, 0) is 14.8 Å². The van der Waals surface area contributed by atoms with Gasteiger partial charge in [0.1, 0.15) is 0 Å². The maximum absolute atomic E-state index is 13.2. The molecule has 0 spiro atoms. The lowest BCUT2D eigenvalue weighted by molar-refractivity contribution is 0.0162. The Morgan fingerprint density at radius 3 is 2.55 bits per heavy atom. The SMILES string of the molecule is CC1CCCCN1S(=O)(=O)c1cccc(C(=O)NCC(c2ccccc2)N2CCOCC2)c1. The first kappa shape index (κ1) is 23.9. The lowest BCUT2D eigenvalue weighted by Gasteiger charge is -2.35. The quantitative estimate of drug-likeness (QED) is 0.672. The fourth-order valence-corrected chi connectivity index (χ4v) is 6.42. The zero-order valence-electron chi connectivity index (χ0n) is 19.2. The van der Waals surface area contributed by atoms with Crippen molar-refractivity contribution in [3.05, 3.63) is 65.7 Å². The summed E-state index contributed by atoms with van der Waals surface area (Å²) in [5, 5.41) is 3.03. The van der Waals surface area contributed by atoms with E-state index >= 15 is 0 Å². The molecule has 0 radical (unpaired) electrons. The van der Waals surface area contributed by atoms with Crippen LogP contribution in [-0.4, -0.2) is 69.0 Å². The van der Waals surface area contributed by atoms with Crippen LogP contribution in [0.25, 0.3) is 0 Å². The summed E-state index contributed by atoms with van der Waals surface area (Å²) >= 11 is 0. The standard InChI is InChI=1S/C25H33N3O4S/c1-20-8-5-6-13-28(20)33(30,31)23-12-7-11-22(18-23)25(29)26-19-24(21-9-3-2-4-10-21)27-14-16-32-17-15-27/h2-4,7,9-12,18,20,24H,5-6,8,13-17,19H2,1H3,(H,26,29). The molecule has 33 heavy (non-hydrogen) atoms. The van der Waals surface area contributed by atoms with E-state index in [1.807, 2.05) is 25.1 Å². The van der Waals surface area contributed by atoms with Gasteiger partial charge < -0.3 is 10.1 Å². The Kier molecular flexibility index (Phi) is 7.80. The summed E-state index contributed by atoms with van der Waals surface area (Å²) in [6.45, 7) is 5.86. The second-order valence-electron chi connectivity index (χ2n) is 8.77. The summed E-state index contributed by atoms with van der Waals surface area (Å²) in [5.41, 5.74) is 1.49. The van der Waals surface area contributed by atoms with E-state index < -0.39 is 10.0 Å². The molecule has 1 amide bonds. The maximum atomic E-state index is 13.2. The van der Waals surface area contributed by atoms with Crippen LogP contribution in [0.1, 0.15) is 48.1 Å². The molecule has 2 heterocycles. The second-order valence-corrected chi connectivity index (χ2v) is 10.7. The van der Waals surface area contributed by atoms with Crippen LogP contribution in [0.4, 0.5) is 0 Å². The smallest absolute Gasteiger partial charge is 0.251 e. The molecule has 4 rings (SSSR count). The zero-order chi connectivity index (χ0) is 23.3. The largest absolute Gasteiger partial charge is 0.379 e. The molecule has 2 saturated heterocycles. The predicted octanol–water partition coefficient (Wildman–Crippen LogP) is 3.05. The van der Waals surface area contributed by atoms with E-state index in [0.29, 0.717) is 31.9 Å². The summed E-state index contributed by atoms with van der Waals surface area (Å²) in [6.07, 6.45) is 2.77. The van der Waals surface area contributed by atoms with Gasteiger partial charge in [-0.3, -0.25) is 9.69 Å². The number of hydrogen-bond donors (Lipinski definition) is 1. The minimum absolute atomic E-state index is 0.0265. The van der Waals surface area contributed by atoms with Crippen molar-refractivity contribution in [2.24, 2.45) is 0 Å². The maximum Gasteiger partial charge on any atom is 0.251 e. The van der Waals surface area contributed by atoms with E-state index in [9.17, 15) is 13.2 Å². The average Bonchev–Trinajstić information content (AvgIpc) is 2.85. The summed E-state index contributed by atoms with van der Waals surface area (Å²) in [7, 11) is -3.63. The Labute approximate surface area is 196 Å². The van der Waals surface area contributed by atoms with Crippen molar-refractivity contribution in [1.82, 2.24) is 14.5 Å². The fraction of sp³-hybridized carbons (Fsp3) is 0.480. The Bertz CT molecular complexity index is 1040. The van der Waals surface area contributed by atoms with Gasteiger partial charge in [-0.05, 0) is 43.5 Å². The Morgan fingerprint density at radius 2 is 1.82 bits per heavy atom. The first-order valence-corrected chi connectivity index (χ1v) is 13.2. The lowest BCUT2D eigenvalue weighted by Crippen LogP contribution is -2.44. The number of benzene rings is 2. The van der Waals surface area contributed by atoms with Gasteiger partial charge in [-0.25, -0.2) is 8.42 Å². The molecule has 0 aliphatic carbocycles. The third-order valence-electron chi connectivity index (χ3n) is 6.57. The molecule has 2 aliphatic rings. The van der Waals surface area contributed by atoms with Gasteiger partial charge in [-0.2, -0.15) is 4.31 Å². The van der Waals surface area contributed by atoms with Gasteiger partial charge in [-0.15, -0.1) is 0 Å². The van der Waals surface area contributed by atoms with Crippen LogP contribution in [0.5, 0.6) is 0 Å². The molecular weight excluding hydrogens is 438 g/mol. The number of rotatable bonds is 7. The van der Waals surface area contributed by atoms with Gasteiger partial charge in [0, 0.05) is 37.8 Å². The van der Waals surface area contributed by atoms with E-state index in [1.54, 1.807) is 22.5 Å². The minimum Gasteiger partial charge on any atom is -0.379 e. The molecule has 178 valence electrons. The van der Waals surface area contributed by atoms with E-state index in [4.69, 9.17) is 4.74 Å². The van der Waals surface area contributed by atoms with Crippen molar-refractivity contribution in [1.29, 1.82) is 0 Å². The molecule has 0 aromatic heterocycles. The Balaban J connectivity index is 1.49. The first-order valence-electron chi connectivity index (χ1n) is 11.7. The van der Waals surface area contributed by atoms with E-state index in [2.05, 4.69) is 22.3 Å². The number of piperidine rings is 1. The van der Waals surface area contributed by atoms with Crippen molar-refractivity contribution in [2.75, 3.05) is 39.4 Å². The van der Waals surface area contributed by atoms with Crippen molar-refractivity contribution < 1.29 is 17.9 Å². The molecule has 2 unspecified atom stereocenters. The van der Waals surface area contributed by atoms with Crippen molar-refractivity contribution in [2.45, 2.75) is 43.2 Å². The number of sulfonamides is 1. The average molecular weight is 472 g/mol. The molecule has 0 saturated carbocycles. The van der Waals surface area contributed by atoms with E-state index in [-0.39, 0.29) is 22.9 Å². The molecule has 2 atom stereocenters. The number of carbonyl (C=O) groups is 1. The topological polar surface area (TPSA) is 79.0 Å². The van der Waals surface area contributed by atoms with Gasteiger partial charge in [0.05, 0.1) is 24.2 Å². The van der Waals surface area contributed by atoms with E-state index in [1.165, 1.54) is 6.07 Å². The number of nitrogens with zero attached hydrogens (tertiary/aromatic N) is 2. The number of nitrogens with one attached hydrogen (secondary N) is 1. The first-order chi connectivity index (χ1) is 16.0. The minimum atomic E-state index is -3.63. The Morgan fingerprint density at radius 1 is 1.06 bits per heavy atom. The molecule has 2 aliphatic heterocycles. The third-order valence-corrected chi connectivity index (χ3v) is 8.58. The van der Waals surface area contributed by atoms with Crippen molar-refractivity contribution in [3.63, 3.8) is 0 Å². The van der Waals surface area contributed by atoms with Gasteiger partial charge in [0.25, 0.3) is 5.91 Å². The van der Waals surface area contributed by atoms with Gasteiger partial charge in [0.2, 0.25) is 10.0 Å². The third kappa shape index (κ3) is 5.63. The van der Waals surface area contributed by atoms with Crippen LogP contribution in [0.3, 0.4) is 0 Å². The van der Waals surface area contributed by atoms with Crippen LogP contribution in [0.2, 0.25) is 0 Å². The molecule has 2 aromatic carbocycles. The molecule has 8 heteroatoms. The van der Waals surface area contributed by atoms with Gasteiger partial charge >= 0.3 is 0 Å². The van der Waals surface area contributed by atoms with Crippen LogP contribution >= 0.6 is 0 Å². The number of carbonyl (C=O) groups excluding carboxylic acids is 1. The predicted molar refractivity (Wildman–Crippen MR) is 128 cm³/mol. The molecule has 1 N–H and O–H groups in total. The summed E-state index contributed by atoms with van der Waals surface area (Å²) in [5.74, 6) is -0.270. The molecule has 0 bridgehead atoms. The zero-order valence-corrected chi connectivity index (χ0v) is 20.0. The van der Waals surface area contributed by atoms with Crippen molar-refractivity contribution >= 4 is 15.9 Å². The highest BCUT2D eigenvalue weighted by Gasteiger charge is 2.31. The van der Waals surface area contributed by atoms with Crippen LogP contribution in [0, 0.1) is 0 Å². The number of hydrogen-bond acceptors (Lipinski definition) is 5. The Hall–Kier alpha value is -2.26. The number of morpholine rings is 1. The molecule has 7 nitrogen and oxygen atoms in total. The highest BCUT2D eigenvalue weighted by molar-refractivity contribution is 7.89. The normalized spacial score (nSPS) is 21.4. The van der Waals surface area contributed by atoms with E-state index in [0.717, 1.165) is 37.9 Å².